The van der Waals surface area contributed by atoms with Gasteiger partial charge in [0.1, 0.15) is 0 Å². The Morgan fingerprint density at radius 3 is 2.50 bits per heavy atom. The van der Waals surface area contributed by atoms with E-state index in [0.29, 0.717) is 6.61 Å². The highest BCUT2D eigenvalue weighted by Crippen LogP contribution is 2.16. The molecule has 0 heterocycles. The SMILES string of the molecule is OCCCNCCNC1CCCCC1. The number of aliphatic hydroxyl groups is 1. The van der Waals surface area contributed by atoms with Crippen LogP contribution in [0.25, 0.3) is 0 Å². The lowest BCUT2D eigenvalue weighted by Crippen LogP contribution is -2.36. The first-order chi connectivity index (χ1) is 6.93. The van der Waals surface area contributed by atoms with Crippen LogP contribution in [0.4, 0.5) is 0 Å². The van der Waals surface area contributed by atoms with Gasteiger partial charge >= 0.3 is 0 Å². The first-order valence-electron chi connectivity index (χ1n) is 5.98. The van der Waals surface area contributed by atoms with Crippen LogP contribution in [0.3, 0.4) is 0 Å². The van der Waals surface area contributed by atoms with E-state index in [9.17, 15) is 0 Å². The Balaban J connectivity index is 1.82. The van der Waals surface area contributed by atoms with Gasteiger partial charge in [-0.15, -0.1) is 0 Å². The number of hydrogen-bond donors (Lipinski definition) is 3. The highest BCUT2D eigenvalue weighted by atomic mass is 16.3. The molecule has 84 valence electrons. The van der Waals surface area contributed by atoms with Crippen molar-refractivity contribution in [1.29, 1.82) is 0 Å². The van der Waals surface area contributed by atoms with E-state index in [1.807, 2.05) is 0 Å². The summed E-state index contributed by atoms with van der Waals surface area (Å²) in [6.07, 6.45) is 7.80. The van der Waals surface area contributed by atoms with Gasteiger partial charge in [0.2, 0.25) is 0 Å². The van der Waals surface area contributed by atoms with Crippen LogP contribution in [0.1, 0.15) is 38.5 Å². The molecule has 1 aliphatic rings. The van der Waals surface area contributed by atoms with Crippen LogP contribution in [0.2, 0.25) is 0 Å². The quantitative estimate of drug-likeness (QED) is 0.535. The first kappa shape index (κ1) is 12.0. The topological polar surface area (TPSA) is 44.3 Å². The van der Waals surface area contributed by atoms with Gasteiger partial charge in [-0.2, -0.15) is 0 Å². The Morgan fingerprint density at radius 2 is 1.79 bits per heavy atom. The molecular weight excluding hydrogens is 176 g/mol. The van der Waals surface area contributed by atoms with Gasteiger partial charge in [0.05, 0.1) is 0 Å². The summed E-state index contributed by atoms with van der Waals surface area (Å²) in [5.41, 5.74) is 0. The van der Waals surface area contributed by atoms with E-state index < -0.39 is 0 Å². The number of rotatable bonds is 7. The van der Waals surface area contributed by atoms with Gasteiger partial charge in [0.25, 0.3) is 0 Å². The second-order valence-electron chi connectivity index (χ2n) is 4.12. The van der Waals surface area contributed by atoms with Crippen LogP contribution >= 0.6 is 0 Å². The predicted molar refractivity (Wildman–Crippen MR) is 59.4 cm³/mol. The van der Waals surface area contributed by atoms with Crippen molar-refractivity contribution in [2.45, 2.75) is 44.6 Å². The minimum atomic E-state index is 0.295. The molecule has 3 N–H and O–H groups in total. The Bertz CT molecular complexity index is 124. The molecule has 0 aromatic carbocycles. The minimum absolute atomic E-state index is 0.295. The van der Waals surface area contributed by atoms with Gasteiger partial charge in [-0.1, -0.05) is 19.3 Å². The zero-order valence-corrected chi connectivity index (χ0v) is 9.10. The average Bonchev–Trinajstić information content (AvgIpc) is 2.25. The highest BCUT2D eigenvalue weighted by Gasteiger charge is 2.11. The Morgan fingerprint density at radius 1 is 1.00 bits per heavy atom. The fraction of sp³-hybridized carbons (Fsp3) is 1.00. The van der Waals surface area contributed by atoms with Crippen molar-refractivity contribution in [3.05, 3.63) is 0 Å². The summed E-state index contributed by atoms with van der Waals surface area (Å²) >= 11 is 0. The maximum absolute atomic E-state index is 8.57. The standard InChI is InChI=1S/C11H24N2O/c14-10-4-7-12-8-9-13-11-5-2-1-3-6-11/h11-14H,1-10H2. The molecule has 0 atom stereocenters. The van der Waals surface area contributed by atoms with E-state index in [1.165, 1.54) is 32.1 Å². The van der Waals surface area contributed by atoms with Crippen molar-refractivity contribution in [2.24, 2.45) is 0 Å². The molecular formula is C11H24N2O. The van der Waals surface area contributed by atoms with Gasteiger partial charge < -0.3 is 15.7 Å². The van der Waals surface area contributed by atoms with Crippen molar-refractivity contribution in [2.75, 3.05) is 26.2 Å². The lowest BCUT2D eigenvalue weighted by molar-refractivity contribution is 0.285. The summed E-state index contributed by atoms with van der Waals surface area (Å²) in [6, 6.07) is 0.767. The van der Waals surface area contributed by atoms with Gasteiger partial charge in [-0.25, -0.2) is 0 Å². The van der Waals surface area contributed by atoms with E-state index in [-0.39, 0.29) is 0 Å². The van der Waals surface area contributed by atoms with Gasteiger partial charge in [-0.05, 0) is 25.8 Å². The van der Waals surface area contributed by atoms with Crippen molar-refractivity contribution >= 4 is 0 Å². The van der Waals surface area contributed by atoms with E-state index >= 15 is 0 Å². The first-order valence-corrected chi connectivity index (χ1v) is 5.98. The number of aliphatic hydroxyl groups excluding tert-OH is 1. The third kappa shape index (κ3) is 5.58. The zero-order valence-electron chi connectivity index (χ0n) is 9.10. The molecule has 14 heavy (non-hydrogen) atoms. The highest BCUT2D eigenvalue weighted by molar-refractivity contribution is 4.71. The number of nitrogens with one attached hydrogen (secondary N) is 2. The van der Waals surface area contributed by atoms with E-state index in [2.05, 4.69) is 10.6 Å². The third-order valence-electron chi connectivity index (χ3n) is 2.85. The Labute approximate surface area is 87.3 Å². The summed E-state index contributed by atoms with van der Waals surface area (Å²) in [4.78, 5) is 0. The molecule has 0 bridgehead atoms. The largest absolute Gasteiger partial charge is 0.396 e. The summed E-state index contributed by atoms with van der Waals surface area (Å²) < 4.78 is 0. The molecule has 0 spiro atoms. The Hall–Kier alpha value is -0.120. The summed E-state index contributed by atoms with van der Waals surface area (Å²) in [6.45, 7) is 3.32. The Kier molecular flexibility index (Phi) is 7.01. The summed E-state index contributed by atoms with van der Waals surface area (Å²) in [5, 5.41) is 15.4. The predicted octanol–water partition coefficient (Wildman–Crippen LogP) is 0.881. The van der Waals surface area contributed by atoms with Crippen LogP contribution in [-0.4, -0.2) is 37.4 Å². The summed E-state index contributed by atoms with van der Waals surface area (Å²) in [5.74, 6) is 0. The molecule has 0 amide bonds. The van der Waals surface area contributed by atoms with Crippen LogP contribution < -0.4 is 10.6 Å². The van der Waals surface area contributed by atoms with Gasteiger partial charge in [0, 0.05) is 25.7 Å². The molecule has 1 rings (SSSR count). The maximum Gasteiger partial charge on any atom is 0.0443 e. The van der Waals surface area contributed by atoms with Crippen molar-refractivity contribution in [3.8, 4) is 0 Å². The monoisotopic (exact) mass is 200 g/mol. The van der Waals surface area contributed by atoms with Crippen molar-refractivity contribution in [1.82, 2.24) is 10.6 Å². The van der Waals surface area contributed by atoms with Gasteiger partial charge in [-0.3, -0.25) is 0 Å². The lowest BCUT2D eigenvalue weighted by Gasteiger charge is -2.22. The zero-order chi connectivity index (χ0) is 10.1. The molecule has 0 aromatic rings. The molecule has 3 nitrogen and oxygen atoms in total. The van der Waals surface area contributed by atoms with Crippen molar-refractivity contribution in [3.63, 3.8) is 0 Å². The second kappa shape index (κ2) is 8.21. The van der Waals surface area contributed by atoms with Crippen molar-refractivity contribution < 1.29 is 5.11 Å². The second-order valence-corrected chi connectivity index (χ2v) is 4.12. The fourth-order valence-corrected chi connectivity index (χ4v) is 2.00. The van der Waals surface area contributed by atoms with Crippen LogP contribution in [0.15, 0.2) is 0 Å². The van der Waals surface area contributed by atoms with Crippen LogP contribution in [-0.2, 0) is 0 Å². The van der Waals surface area contributed by atoms with Crippen LogP contribution in [0.5, 0.6) is 0 Å². The van der Waals surface area contributed by atoms with E-state index in [0.717, 1.165) is 32.1 Å². The smallest absolute Gasteiger partial charge is 0.0443 e. The number of hydrogen-bond acceptors (Lipinski definition) is 3. The molecule has 1 saturated carbocycles. The molecule has 0 aliphatic heterocycles. The van der Waals surface area contributed by atoms with E-state index in [1.54, 1.807) is 0 Å². The molecule has 0 unspecified atom stereocenters. The molecule has 1 aliphatic carbocycles. The molecule has 3 heteroatoms. The van der Waals surface area contributed by atoms with Crippen LogP contribution in [0, 0.1) is 0 Å². The molecule has 0 aromatic heterocycles. The molecule has 1 fully saturated rings. The normalized spacial score (nSPS) is 18.6. The average molecular weight is 200 g/mol. The summed E-state index contributed by atoms with van der Waals surface area (Å²) in [7, 11) is 0. The lowest BCUT2D eigenvalue weighted by atomic mass is 9.95. The van der Waals surface area contributed by atoms with Gasteiger partial charge in [0.15, 0.2) is 0 Å². The molecule has 0 radical (unpaired) electrons. The minimum Gasteiger partial charge on any atom is -0.396 e. The maximum atomic E-state index is 8.57. The fourth-order valence-electron chi connectivity index (χ4n) is 2.00. The van der Waals surface area contributed by atoms with E-state index in [4.69, 9.17) is 5.11 Å². The third-order valence-corrected chi connectivity index (χ3v) is 2.85. The molecule has 0 saturated heterocycles.